The zero-order chi connectivity index (χ0) is 30.8. The topological polar surface area (TPSA) is 91.3 Å². The van der Waals surface area contributed by atoms with Gasteiger partial charge in [0.25, 0.3) is 11.5 Å². The zero-order valence-corrected chi connectivity index (χ0v) is 26.2. The number of carbonyl (C=O) groups is 1. The molecular formula is C35H43N5O4. The predicted octanol–water partition coefficient (Wildman–Crippen LogP) is 4.99. The van der Waals surface area contributed by atoms with Crippen molar-refractivity contribution in [2.75, 3.05) is 55.9 Å². The molecule has 232 valence electrons. The molecule has 0 spiro atoms. The fraction of sp³-hybridized carbons (Fsp3) is 0.429. The molecule has 2 N–H and O–H groups in total. The maximum atomic E-state index is 13.9. The number of ether oxygens (including phenoxy) is 2. The third-order valence-electron chi connectivity index (χ3n) is 9.08. The number of aryl methyl sites for hydroxylation is 2. The maximum Gasteiger partial charge on any atom is 0.253 e. The fourth-order valence-corrected chi connectivity index (χ4v) is 6.81. The molecule has 1 amide bonds. The average molecular weight is 598 g/mol. The maximum absolute atomic E-state index is 13.9. The standard InChI is InChI=1S/C35H43N5O4/c1-5-39(27-10-14-43-15-11-27)35-25(4)30(33(41)36-21-31-23(2)18-24(3)37-34(31)42)20-28-19-26(22-40(28)35)29-8-6-7-9-32(29)38-12-16-44-17-13-38/h6-9,18-20,22,27H,5,10-17,21H2,1-4H3,(H,36,41)(H,37,42). The van der Waals surface area contributed by atoms with Crippen molar-refractivity contribution in [3.63, 3.8) is 0 Å². The number of carbonyl (C=O) groups excluding carboxylic acids is 1. The predicted molar refractivity (Wildman–Crippen MR) is 175 cm³/mol. The summed E-state index contributed by atoms with van der Waals surface area (Å²) in [6, 6.07) is 15.0. The molecule has 0 saturated carbocycles. The number of anilines is 2. The second-order valence-electron chi connectivity index (χ2n) is 11.9. The van der Waals surface area contributed by atoms with Gasteiger partial charge in [0, 0.05) is 96.3 Å². The Morgan fingerprint density at radius 1 is 1.02 bits per heavy atom. The Morgan fingerprint density at radius 3 is 2.48 bits per heavy atom. The summed E-state index contributed by atoms with van der Waals surface area (Å²) in [6.45, 7) is 13.6. The Kier molecular flexibility index (Phi) is 8.77. The molecule has 0 radical (unpaired) electrons. The lowest BCUT2D eigenvalue weighted by Gasteiger charge is -2.37. The van der Waals surface area contributed by atoms with Gasteiger partial charge in [-0.2, -0.15) is 0 Å². The van der Waals surface area contributed by atoms with E-state index < -0.39 is 0 Å². The van der Waals surface area contributed by atoms with Crippen molar-refractivity contribution in [2.45, 2.75) is 53.1 Å². The molecule has 3 aromatic heterocycles. The second-order valence-corrected chi connectivity index (χ2v) is 11.9. The van der Waals surface area contributed by atoms with E-state index in [2.05, 4.69) is 68.0 Å². The Balaban J connectivity index is 1.44. The molecule has 0 bridgehead atoms. The van der Waals surface area contributed by atoms with Crippen LogP contribution in [0.2, 0.25) is 0 Å². The van der Waals surface area contributed by atoms with Gasteiger partial charge in [-0.1, -0.05) is 18.2 Å². The van der Waals surface area contributed by atoms with E-state index in [0.29, 0.717) is 17.2 Å². The molecule has 0 unspecified atom stereocenters. The highest BCUT2D eigenvalue weighted by atomic mass is 16.5. The monoisotopic (exact) mass is 597 g/mol. The molecule has 4 aromatic rings. The van der Waals surface area contributed by atoms with Crippen LogP contribution in [0, 0.1) is 20.8 Å². The van der Waals surface area contributed by atoms with Crippen molar-refractivity contribution in [3.05, 3.63) is 87.0 Å². The number of nitrogens with one attached hydrogen (secondary N) is 2. The number of hydrogen-bond donors (Lipinski definition) is 2. The largest absolute Gasteiger partial charge is 0.381 e. The molecule has 2 aliphatic heterocycles. The highest BCUT2D eigenvalue weighted by molar-refractivity contribution is 5.99. The summed E-state index contributed by atoms with van der Waals surface area (Å²) < 4.78 is 13.6. The molecule has 0 aliphatic carbocycles. The van der Waals surface area contributed by atoms with E-state index in [1.165, 1.54) is 5.69 Å². The molecule has 5 heterocycles. The van der Waals surface area contributed by atoms with E-state index >= 15 is 0 Å². The molecule has 9 heteroatoms. The van der Waals surface area contributed by atoms with Gasteiger partial charge in [0.15, 0.2) is 0 Å². The number of morpholine rings is 1. The first kappa shape index (κ1) is 30.0. The van der Waals surface area contributed by atoms with Crippen LogP contribution in [-0.2, 0) is 16.0 Å². The number of aromatic nitrogens is 2. The summed E-state index contributed by atoms with van der Waals surface area (Å²) in [5.74, 6) is 0.839. The molecule has 2 saturated heterocycles. The zero-order valence-electron chi connectivity index (χ0n) is 26.2. The van der Waals surface area contributed by atoms with E-state index in [1.54, 1.807) is 0 Å². The van der Waals surface area contributed by atoms with Gasteiger partial charge in [0.05, 0.1) is 13.2 Å². The Morgan fingerprint density at radius 2 is 1.75 bits per heavy atom. The van der Waals surface area contributed by atoms with E-state index in [0.717, 1.165) is 98.2 Å². The molecular weight excluding hydrogens is 554 g/mol. The quantitative estimate of drug-likeness (QED) is 0.297. The molecule has 44 heavy (non-hydrogen) atoms. The number of hydrogen-bond acceptors (Lipinski definition) is 6. The minimum atomic E-state index is -0.190. The van der Waals surface area contributed by atoms with Gasteiger partial charge in [0.2, 0.25) is 0 Å². The van der Waals surface area contributed by atoms with Gasteiger partial charge in [-0.25, -0.2) is 0 Å². The van der Waals surface area contributed by atoms with Crippen LogP contribution < -0.4 is 20.7 Å². The molecule has 2 fully saturated rings. The van der Waals surface area contributed by atoms with Crippen LogP contribution in [0.5, 0.6) is 0 Å². The van der Waals surface area contributed by atoms with Crippen LogP contribution in [0.25, 0.3) is 16.6 Å². The van der Waals surface area contributed by atoms with E-state index in [1.807, 2.05) is 32.9 Å². The van der Waals surface area contributed by atoms with Gasteiger partial charge in [0.1, 0.15) is 5.82 Å². The first-order valence-electron chi connectivity index (χ1n) is 15.8. The SMILES string of the molecule is CCN(c1c(C)c(C(=O)NCc2c(C)cc(C)[nH]c2=O)cc2cc(-c3ccccc3N3CCOCC3)cn12)C1CCOCC1. The summed E-state index contributed by atoms with van der Waals surface area (Å²) in [5, 5.41) is 3.05. The van der Waals surface area contributed by atoms with Crippen molar-refractivity contribution < 1.29 is 14.3 Å². The first-order chi connectivity index (χ1) is 21.4. The number of amides is 1. The Hall–Kier alpha value is -4.08. The smallest absolute Gasteiger partial charge is 0.253 e. The third kappa shape index (κ3) is 5.86. The minimum Gasteiger partial charge on any atom is -0.381 e. The van der Waals surface area contributed by atoms with E-state index in [9.17, 15) is 9.59 Å². The Bertz CT molecular complexity index is 1710. The number of fused-ring (bicyclic) bond motifs is 1. The lowest BCUT2D eigenvalue weighted by molar-refractivity contribution is 0.0844. The van der Waals surface area contributed by atoms with Crippen LogP contribution in [0.1, 0.15) is 52.5 Å². The van der Waals surface area contributed by atoms with Gasteiger partial charge in [-0.3, -0.25) is 9.59 Å². The van der Waals surface area contributed by atoms with Gasteiger partial charge >= 0.3 is 0 Å². The van der Waals surface area contributed by atoms with Crippen LogP contribution in [0.4, 0.5) is 11.5 Å². The lowest BCUT2D eigenvalue weighted by atomic mass is 10.0. The second kappa shape index (κ2) is 12.9. The fourth-order valence-electron chi connectivity index (χ4n) is 6.81. The van der Waals surface area contributed by atoms with Gasteiger partial charge < -0.3 is 34.0 Å². The molecule has 0 atom stereocenters. The van der Waals surface area contributed by atoms with Crippen molar-refractivity contribution in [3.8, 4) is 11.1 Å². The summed E-state index contributed by atoms with van der Waals surface area (Å²) in [6.07, 6.45) is 4.10. The highest BCUT2D eigenvalue weighted by Gasteiger charge is 2.27. The van der Waals surface area contributed by atoms with Gasteiger partial charge in [-0.15, -0.1) is 0 Å². The molecule has 2 aliphatic rings. The highest BCUT2D eigenvalue weighted by Crippen LogP contribution is 2.37. The van der Waals surface area contributed by atoms with Crippen molar-refractivity contribution in [2.24, 2.45) is 0 Å². The van der Waals surface area contributed by atoms with Crippen LogP contribution >= 0.6 is 0 Å². The first-order valence-corrected chi connectivity index (χ1v) is 15.8. The normalized spacial score (nSPS) is 16.0. The molecule has 9 nitrogen and oxygen atoms in total. The lowest BCUT2D eigenvalue weighted by Crippen LogP contribution is -2.41. The van der Waals surface area contributed by atoms with Crippen molar-refractivity contribution in [1.82, 2.24) is 14.7 Å². The minimum absolute atomic E-state index is 0.164. The third-order valence-corrected chi connectivity index (χ3v) is 9.08. The summed E-state index contributed by atoms with van der Waals surface area (Å²) in [4.78, 5) is 34.2. The summed E-state index contributed by atoms with van der Waals surface area (Å²) in [7, 11) is 0. The van der Waals surface area contributed by atoms with Gasteiger partial charge in [-0.05, 0) is 70.4 Å². The number of benzene rings is 1. The van der Waals surface area contributed by atoms with Crippen molar-refractivity contribution >= 4 is 22.9 Å². The Labute approximate surface area is 258 Å². The number of aromatic amines is 1. The van der Waals surface area contributed by atoms with E-state index in [-0.39, 0.29) is 18.0 Å². The number of pyridine rings is 2. The van der Waals surface area contributed by atoms with Crippen molar-refractivity contribution in [1.29, 1.82) is 0 Å². The number of nitrogens with zero attached hydrogens (tertiary/aromatic N) is 3. The number of para-hydroxylation sites is 1. The van der Waals surface area contributed by atoms with E-state index in [4.69, 9.17) is 9.47 Å². The van der Waals surface area contributed by atoms with Crippen LogP contribution in [0.3, 0.4) is 0 Å². The van der Waals surface area contributed by atoms with Crippen LogP contribution in [0.15, 0.2) is 53.5 Å². The summed E-state index contributed by atoms with van der Waals surface area (Å²) in [5.41, 5.74) is 8.04. The van der Waals surface area contributed by atoms with Crippen LogP contribution in [-0.4, -0.2) is 67.4 Å². The number of H-pyrrole nitrogens is 1. The molecule has 1 aromatic carbocycles. The molecule has 6 rings (SSSR count). The average Bonchev–Trinajstić information content (AvgIpc) is 3.46. The number of rotatable bonds is 8. The summed E-state index contributed by atoms with van der Waals surface area (Å²) >= 11 is 0.